The van der Waals surface area contributed by atoms with Crippen molar-refractivity contribution in [2.24, 2.45) is 5.92 Å². The number of anilines is 2. The van der Waals surface area contributed by atoms with Crippen LogP contribution in [-0.4, -0.2) is 135 Å². The average Bonchev–Trinajstić information content (AvgIpc) is 3.89. The molecule has 0 bridgehead atoms. The monoisotopic (exact) mass is 930 g/mol. The minimum atomic E-state index is -4.06. The molecule has 1 saturated carbocycles. The molecule has 4 aromatic rings. The van der Waals surface area contributed by atoms with E-state index in [9.17, 15) is 34.0 Å². The van der Waals surface area contributed by atoms with E-state index in [1.54, 1.807) is 43.8 Å². The van der Waals surface area contributed by atoms with Gasteiger partial charge in [-0.3, -0.25) is 23.4 Å². The summed E-state index contributed by atoms with van der Waals surface area (Å²) in [7, 11) is -4.06. The number of hydrogen-bond acceptors (Lipinski definition) is 23. The second kappa shape index (κ2) is 26.7. The molecule has 0 aliphatic heterocycles. The Morgan fingerprint density at radius 3 is 2.03 bits per heavy atom. The van der Waals surface area contributed by atoms with Crippen molar-refractivity contribution >= 4 is 66.1 Å². The molecule has 0 aromatic carbocycles. The van der Waals surface area contributed by atoms with E-state index in [0.29, 0.717) is 28.8 Å². The highest BCUT2D eigenvalue weighted by atomic mass is 31.2. The number of nitrogens with zero attached hydrogens (tertiary/aromatic N) is 7. The smallest absolute Gasteiger partial charge is 0.478 e. The number of imidazole rings is 2. The average molecular weight is 931 g/mol. The van der Waals surface area contributed by atoms with Crippen LogP contribution in [0.25, 0.3) is 22.3 Å². The zero-order valence-corrected chi connectivity index (χ0v) is 36.1. The summed E-state index contributed by atoms with van der Waals surface area (Å²) in [5.74, 6) is -1.12. The number of nitrogens with one attached hydrogen (secondary N) is 1. The first-order valence-electron chi connectivity index (χ1n) is 18.3. The first kappa shape index (κ1) is 55.4. The fourth-order valence-corrected chi connectivity index (χ4v) is 6.28. The Morgan fingerprint density at radius 1 is 0.984 bits per heavy atom. The van der Waals surface area contributed by atoms with E-state index < -0.39 is 75.8 Å². The minimum Gasteiger partial charge on any atom is -0.478 e. The van der Waals surface area contributed by atoms with Crippen LogP contribution in [0.15, 0.2) is 48.6 Å². The van der Waals surface area contributed by atoms with Crippen molar-refractivity contribution < 1.29 is 82.1 Å². The molecule has 0 saturated heterocycles. The lowest BCUT2D eigenvalue weighted by molar-refractivity contribution is -0.191. The molecule has 4 aromatic heterocycles. The predicted octanol–water partition coefficient (Wildman–Crippen LogP) is 1.06. The van der Waals surface area contributed by atoms with Gasteiger partial charge in [-0.25, -0.2) is 34.3 Å². The van der Waals surface area contributed by atoms with Crippen LogP contribution >= 0.6 is 7.60 Å². The quantitative estimate of drug-likeness (QED) is 0.0301. The first-order valence-corrected chi connectivity index (χ1v) is 20.1. The molecule has 4 heterocycles. The van der Waals surface area contributed by atoms with Crippen LogP contribution in [0, 0.1) is 5.92 Å². The van der Waals surface area contributed by atoms with Crippen LogP contribution in [0.2, 0.25) is 0 Å². The number of carboxylic acids is 1. The second-order valence-electron chi connectivity index (χ2n) is 13.2. The SMILES string of the molecule is C=C1C(n2cnc3c(=O)[nH]c(N)nc32)C[C@H](O)[C@H]1CO.C=CC(=O)O.CC(C)OC(=O)OCOP(=O)(CO[C@H](C)Cn1cnc2c(N)ncnc21)OCOC(=O)OC(C)C.O.O=C=O. The van der Waals surface area contributed by atoms with Gasteiger partial charge in [-0.2, -0.15) is 14.6 Å². The number of aliphatic hydroxyl groups is 2. The number of nitrogen functional groups attached to an aromatic ring is 2. The Kier molecular flexibility index (Phi) is 23.1. The van der Waals surface area contributed by atoms with Crippen molar-refractivity contribution in [2.45, 2.75) is 78.0 Å². The summed E-state index contributed by atoms with van der Waals surface area (Å²) in [6, 6.07) is -0.263. The predicted molar refractivity (Wildman–Crippen MR) is 218 cm³/mol. The zero-order valence-electron chi connectivity index (χ0n) is 35.2. The first-order chi connectivity index (χ1) is 29.7. The molecule has 29 heteroatoms. The molecule has 0 amide bonds. The molecule has 1 fully saturated rings. The van der Waals surface area contributed by atoms with Gasteiger partial charge in [0, 0.05) is 12.0 Å². The van der Waals surface area contributed by atoms with Crippen molar-refractivity contribution in [2.75, 3.05) is 38.0 Å². The number of hydrogen-bond donors (Lipinski definition) is 6. The normalized spacial score (nSPS) is 15.8. The number of carbonyl (C=O) groups excluding carboxylic acids is 4. The molecule has 64 heavy (non-hydrogen) atoms. The Morgan fingerprint density at radius 2 is 1.53 bits per heavy atom. The number of carboxylic acid groups (broad SMARTS) is 1. The van der Waals surface area contributed by atoms with Gasteiger partial charge >= 0.3 is 32.0 Å². The number of ether oxygens (including phenoxy) is 5. The van der Waals surface area contributed by atoms with Gasteiger partial charge in [-0.1, -0.05) is 13.2 Å². The van der Waals surface area contributed by atoms with Crippen LogP contribution in [0.4, 0.5) is 21.4 Å². The third-order valence-corrected chi connectivity index (χ3v) is 9.37. The molecule has 5 rings (SSSR count). The summed E-state index contributed by atoms with van der Waals surface area (Å²) in [6.07, 6.45) is 1.15. The number of aliphatic hydroxyl groups excluding tert-OH is 2. The number of H-pyrrole nitrogens is 1. The Balaban J connectivity index is 0.000000589. The number of aromatic nitrogens is 8. The molecule has 28 nitrogen and oxygen atoms in total. The van der Waals surface area contributed by atoms with E-state index in [4.69, 9.17) is 58.9 Å². The summed E-state index contributed by atoms with van der Waals surface area (Å²) in [5, 5.41) is 26.8. The highest BCUT2D eigenvalue weighted by Gasteiger charge is 2.38. The third-order valence-electron chi connectivity index (χ3n) is 7.91. The number of nitrogens with two attached hydrogens (primary N) is 2. The molecule has 10 N–H and O–H groups in total. The van der Waals surface area contributed by atoms with Gasteiger partial charge in [-0.05, 0) is 46.6 Å². The van der Waals surface area contributed by atoms with E-state index in [2.05, 4.69) is 43.1 Å². The summed E-state index contributed by atoms with van der Waals surface area (Å²) in [6.45, 7) is 13.7. The van der Waals surface area contributed by atoms with Crippen molar-refractivity contribution in [3.63, 3.8) is 0 Å². The second-order valence-corrected chi connectivity index (χ2v) is 15.2. The largest absolute Gasteiger partial charge is 0.510 e. The molecule has 1 unspecified atom stereocenters. The van der Waals surface area contributed by atoms with Gasteiger partial charge in [0.1, 0.15) is 18.2 Å². The van der Waals surface area contributed by atoms with Crippen LogP contribution in [-0.2, 0) is 58.2 Å². The zero-order chi connectivity index (χ0) is 47.4. The molecular formula is C35H51N10O18P. The minimum absolute atomic E-state index is 0. The fourth-order valence-electron chi connectivity index (χ4n) is 5.20. The molecule has 1 aliphatic carbocycles. The number of fused-ring (bicyclic) bond motifs is 2. The van der Waals surface area contributed by atoms with Gasteiger partial charge in [0.2, 0.25) is 19.5 Å². The van der Waals surface area contributed by atoms with Gasteiger partial charge in [-0.15, -0.1) is 0 Å². The van der Waals surface area contributed by atoms with Crippen molar-refractivity contribution in [3.8, 4) is 0 Å². The summed E-state index contributed by atoms with van der Waals surface area (Å²) in [5.41, 5.74) is 13.1. The number of rotatable bonds is 16. The molecule has 0 spiro atoms. The van der Waals surface area contributed by atoms with E-state index in [0.717, 1.165) is 6.08 Å². The number of aliphatic carboxylic acids is 1. The summed E-state index contributed by atoms with van der Waals surface area (Å²) < 4.78 is 51.3. The Hall–Kier alpha value is -6.64. The van der Waals surface area contributed by atoms with Crippen molar-refractivity contribution in [1.29, 1.82) is 0 Å². The van der Waals surface area contributed by atoms with Crippen molar-refractivity contribution in [3.05, 3.63) is 54.1 Å². The molecular weight excluding hydrogens is 879 g/mol. The lowest BCUT2D eigenvalue weighted by Crippen LogP contribution is -2.20. The molecule has 1 aliphatic rings. The standard InChI is InChI=1S/C19H30N5O10P.C12H15N5O3.C3H4O2.CO2.H2O/c1-12(2)33-18(25)28-9-31-35(27,32-10-29-19(26)34-13(3)4)11-30-14(5)6-24-8-23-15-16(20)21-7-22-17(15)24;1-5-6(3-18)8(19)2-7(5)17-4-14-9-10(17)15-12(13)16-11(9)20;1-2-3(4)5;2-1-3;/h7-8,12-14H,6,9-11H2,1-5H3,(H2,20,21,22);4,6-8,18-19H,1-3H2,(H3,13,15,16,20);2H,1H2,(H,4,5);;1H2/t14-;6-,7?,8-;;;/m10.../s1. The Labute approximate surface area is 363 Å². The highest BCUT2D eigenvalue weighted by Crippen LogP contribution is 2.48. The van der Waals surface area contributed by atoms with Crippen molar-refractivity contribution in [1.82, 2.24) is 39.0 Å². The van der Waals surface area contributed by atoms with Gasteiger partial charge < -0.3 is 65.1 Å². The van der Waals surface area contributed by atoms with E-state index in [1.165, 1.54) is 19.0 Å². The van der Waals surface area contributed by atoms with Crippen LogP contribution in [0.5, 0.6) is 0 Å². The Bertz CT molecular complexity index is 2280. The topological polar surface area (TPSA) is 418 Å². The van der Waals surface area contributed by atoms with E-state index in [1.807, 2.05) is 0 Å². The maximum Gasteiger partial charge on any atom is 0.510 e. The molecule has 4 atom stereocenters. The van der Waals surface area contributed by atoms with Gasteiger partial charge in [0.25, 0.3) is 5.56 Å². The lowest BCUT2D eigenvalue weighted by atomic mass is 10.0. The summed E-state index contributed by atoms with van der Waals surface area (Å²) >= 11 is 0. The van der Waals surface area contributed by atoms with E-state index >= 15 is 0 Å². The molecule has 354 valence electrons. The molecule has 0 radical (unpaired) electrons. The van der Waals surface area contributed by atoms with Crippen LogP contribution < -0.4 is 17.0 Å². The highest BCUT2D eigenvalue weighted by molar-refractivity contribution is 7.53. The maximum absolute atomic E-state index is 13.1. The summed E-state index contributed by atoms with van der Waals surface area (Å²) in [4.78, 5) is 83.0. The maximum atomic E-state index is 13.1. The van der Waals surface area contributed by atoms with Gasteiger partial charge in [0.05, 0.1) is 56.3 Å². The fraction of sp³-hybridized carbons (Fsp3) is 0.486. The van der Waals surface area contributed by atoms with Gasteiger partial charge in [0.15, 0.2) is 22.6 Å². The lowest BCUT2D eigenvalue weighted by Gasteiger charge is -2.21. The number of carbonyl (C=O) groups is 3. The number of aromatic amines is 1. The van der Waals surface area contributed by atoms with E-state index in [-0.39, 0.29) is 54.0 Å². The third kappa shape index (κ3) is 17.3. The van der Waals surface area contributed by atoms with Crippen LogP contribution in [0.1, 0.15) is 47.1 Å². The van der Waals surface area contributed by atoms with Crippen LogP contribution in [0.3, 0.4) is 0 Å².